The summed E-state index contributed by atoms with van der Waals surface area (Å²) < 4.78 is 27.2. The predicted molar refractivity (Wildman–Crippen MR) is 72.1 cm³/mol. The zero-order valence-electron chi connectivity index (χ0n) is 10.5. The van der Waals surface area contributed by atoms with Crippen molar-refractivity contribution in [3.8, 4) is 11.1 Å². The third-order valence-corrected chi connectivity index (χ3v) is 3.49. The zero-order valence-corrected chi connectivity index (χ0v) is 10.5. The lowest BCUT2D eigenvalue weighted by atomic mass is 10.1. The molecule has 20 heavy (non-hydrogen) atoms. The zero-order chi connectivity index (χ0) is 14.3. The van der Waals surface area contributed by atoms with Crippen LogP contribution in [0.15, 0.2) is 30.6 Å². The van der Waals surface area contributed by atoms with E-state index in [0.29, 0.717) is 5.69 Å². The van der Waals surface area contributed by atoms with E-state index in [1.54, 1.807) is 36.1 Å². The van der Waals surface area contributed by atoms with E-state index in [2.05, 4.69) is 5.10 Å². The van der Waals surface area contributed by atoms with Gasteiger partial charge in [-0.2, -0.15) is 5.10 Å². The Kier molecular flexibility index (Phi) is 2.86. The van der Waals surface area contributed by atoms with Gasteiger partial charge in [-0.3, -0.25) is 4.68 Å². The summed E-state index contributed by atoms with van der Waals surface area (Å²) in [6, 6.07) is 4.97. The molecule has 106 valence electrons. The number of nitrogens with zero attached hydrogens (tertiary/aromatic N) is 2. The summed E-state index contributed by atoms with van der Waals surface area (Å²) in [5.41, 5.74) is 9.53. The highest BCUT2D eigenvalue weighted by molar-refractivity contribution is 5.75. The number of alkyl halides is 2. The number of benzene rings is 1. The minimum Gasteiger partial charge on any atom is -0.761 e. The standard InChI is InChI=1S/C13H13F2N4O/c14-13(15)4-10(13)7-19-6-9(5-17-19)8-1-2-11(16)12(3-8)18-20/h1-3,5-6,10,18H,4,7,16H2/q-1. The van der Waals surface area contributed by atoms with Crippen LogP contribution >= 0.6 is 0 Å². The van der Waals surface area contributed by atoms with Crippen LogP contribution in [-0.2, 0) is 6.54 Å². The molecule has 0 aliphatic heterocycles. The van der Waals surface area contributed by atoms with Gasteiger partial charge in [0.15, 0.2) is 0 Å². The van der Waals surface area contributed by atoms with Gasteiger partial charge >= 0.3 is 0 Å². The van der Waals surface area contributed by atoms with Gasteiger partial charge in [0.05, 0.1) is 11.9 Å². The smallest absolute Gasteiger partial charge is 0.253 e. The van der Waals surface area contributed by atoms with Crippen molar-refractivity contribution in [2.75, 3.05) is 11.2 Å². The Hall–Kier alpha value is -2.15. The number of aromatic nitrogens is 2. The van der Waals surface area contributed by atoms with E-state index in [4.69, 9.17) is 5.73 Å². The summed E-state index contributed by atoms with van der Waals surface area (Å²) >= 11 is 0. The van der Waals surface area contributed by atoms with Crippen molar-refractivity contribution in [1.82, 2.24) is 9.78 Å². The van der Waals surface area contributed by atoms with Gasteiger partial charge in [0.1, 0.15) is 0 Å². The monoisotopic (exact) mass is 279 g/mol. The van der Waals surface area contributed by atoms with Gasteiger partial charge in [-0.25, -0.2) is 8.78 Å². The molecule has 5 nitrogen and oxygen atoms in total. The highest BCUT2D eigenvalue weighted by atomic mass is 19.3. The van der Waals surface area contributed by atoms with Crippen LogP contribution < -0.4 is 11.2 Å². The first-order valence-corrected chi connectivity index (χ1v) is 6.18. The maximum Gasteiger partial charge on any atom is 0.253 e. The van der Waals surface area contributed by atoms with Crippen molar-refractivity contribution in [3.63, 3.8) is 0 Å². The molecule has 1 heterocycles. The van der Waals surface area contributed by atoms with Crippen molar-refractivity contribution >= 4 is 11.4 Å². The number of rotatable bonds is 4. The first kappa shape index (κ1) is 12.9. The Balaban J connectivity index is 1.79. The summed E-state index contributed by atoms with van der Waals surface area (Å²) in [6.07, 6.45) is 3.20. The molecular formula is C13H13F2N4O-. The van der Waals surface area contributed by atoms with Crippen LogP contribution in [0.25, 0.3) is 11.1 Å². The van der Waals surface area contributed by atoms with Gasteiger partial charge in [-0.1, -0.05) is 6.07 Å². The topological polar surface area (TPSA) is 78.9 Å². The molecule has 3 rings (SSSR count). The number of nitrogens with two attached hydrogens (primary N) is 1. The van der Waals surface area contributed by atoms with Gasteiger partial charge < -0.3 is 16.4 Å². The highest BCUT2D eigenvalue weighted by Gasteiger charge is 2.56. The third kappa shape index (κ3) is 2.32. The fourth-order valence-electron chi connectivity index (χ4n) is 2.13. The van der Waals surface area contributed by atoms with E-state index in [9.17, 15) is 14.0 Å². The summed E-state index contributed by atoms with van der Waals surface area (Å²) in [4.78, 5) is 0. The van der Waals surface area contributed by atoms with Gasteiger partial charge in [-0.05, 0) is 17.7 Å². The molecule has 0 radical (unpaired) electrons. The van der Waals surface area contributed by atoms with Crippen LogP contribution in [0.3, 0.4) is 0 Å². The van der Waals surface area contributed by atoms with E-state index in [1.165, 1.54) is 4.68 Å². The molecule has 0 spiro atoms. The van der Waals surface area contributed by atoms with Crippen molar-refractivity contribution in [1.29, 1.82) is 0 Å². The Morgan fingerprint density at radius 2 is 2.20 bits per heavy atom. The quantitative estimate of drug-likeness (QED) is 0.666. The molecule has 1 aliphatic rings. The van der Waals surface area contributed by atoms with Gasteiger partial charge in [-0.15, -0.1) is 0 Å². The van der Waals surface area contributed by atoms with Crippen LogP contribution in [-0.4, -0.2) is 15.7 Å². The molecule has 1 aliphatic carbocycles. The molecule has 2 aromatic rings. The number of anilines is 2. The fourth-order valence-corrected chi connectivity index (χ4v) is 2.13. The van der Waals surface area contributed by atoms with E-state index in [-0.39, 0.29) is 18.7 Å². The predicted octanol–water partition coefficient (Wildman–Crippen LogP) is 2.70. The molecule has 7 heteroatoms. The first-order chi connectivity index (χ1) is 9.49. The van der Waals surface area contributed by atoms with Crippen molar-refractivity contribution in [2.24, 2.45) is 5.92 Å². The first-order valence-electron chi connectivity index (χ1n) is 6.18. The summed E-state index contributed by atoms with van der Waals surface area (Å²) in [7, 11) is 0. The molecule has 0 saturated heterocycles. The van der Waals surface area contributed by atoms with Crippen LogP contribution in [0.4, 0.5) is 20.2 Å². The minimum atomic E-state index is -2.55. The fraction of sp³-hybridized carbons (Fsp3) is 0.308. The molecule has 3 N–H and O–H groups in total. The Morgan fingerprint density at radius 3 is 2.85 bits per heavy atom. The van der Waals surface area contributed by atoms with Gasteiger partial charge in [0.25, 0.3) is 5.92 Å². The molecule has 1 aromatic heterocycles. The Bertz CT molecular complexity index is 641. The van der Waals surface area contributed by atoms with E-state index >= 15 is 0 Å². The van der Waals surface area contributed by atoms with E-state index < -0.39 is 11.8 Å². The number of hydrogen-bond acceptors (Lipinski definition) is 4. The summed E-state index contributed by atoms with van der Waals surface area (Å²) in [5, 5.41) is 14.8. The van der Waals surface area contributed by atoms with Gasteiger partial charge in [0, 0.05) is 36.3 Å². The molecule has 1 atom stereocenters. The van der Waals surface area contributed by atoms with Crippen LogP contribution in [0.1, 0.15) is 6.42 Å². The van der Waals surface area contributed by atoms with Crippen molar-refractivity contribution in [3.05, 3.63) is 35.8 Å². The Morgan fingerprint density at radius 1 is 1.45 bits per heavy atom. The lowest BCUT2D eigenvalue weighted by molar-refractivity contribution is 0.0942. The van der Waals surface area contributed by atoms with Crippen molar-refractivity contribution in [2.45, 2.75) is 18.9 Å². The van der Waals surface area contributed by atoms with Crippen LogP contribution in [0, 0.1) is 11.1 Å². The second-order valence-electron chi connectivity index (χ2n) is 5.02. The van der Waals surface area contributed by atoms with Crippen LogP contribution in [0.2, 0.25) is 0 Å². The molecule has 1 saturated carbocycles. The summed E-state index contributed by atoms with van der Waals surface area (Å²) in [6.45, 7) is 0.203. The normalized spacial score (nSPS) is 19.9. The third-order valence-electron chi connectivity index (χ3n) is 3.49. The molecule has 1 unspecified atom stereocenters. The van der Waals surface area contributed by atoms with E-state index in [0.717, 1.165) is 11.1 Å². The molecule has 1 fully saturated rings. The second-order valence-corrected chi connectivity index (χ2v) is 5.02. The number of halogens is 2. The minimum absolute atomic E-state index is 0.0751. The average Bonchev–Trinajstić information content (AvgIpc) is 2.82. The largest absolute Gasteiger partial charge is 0.761 e. The average molecular weight is 279 g/mol. The maximum absolute atomic E-state index is 12.9. The van der Waals surface area contributed by atoms with Crippen molar-refractivity contribution < 1.29 is 8.78 Å². The number of hydrogen-bond donors (Lipinski definition) is 2. The molecule has 1 aromatic carbocycles. The highest BCUT2D eigenvalue weighted by Crippen LogP contribution is 2.49. The Labute approximate surface area is 114 Å². The van der Waals surface area contributed by atoms with Gasteiger partial charge in [0.2, 0.25) is 0 Å². The molecular weight excluding hydrogens is 266 g/mol. The molecule has 0 amide bonds. The SMILES string of the molecule is Nc1ccc(-c2cnn(CC3CC3(F)F)c2)cc1N[O-]. The maximum atomic E-state index is 12.9. The number of nitrogen functional groups attached to an aromatic ring is 1. The second kappa shape index (κ2) is 4.45. The van der Waals surface area contributed by atoms with E-state index in [1.807, 2.05) is 0 Å². The summed E-state index contributed by atoms with van der Waals surface area (Å²) in [5.74, 6) is -3.17. The number of nitrogens with one attached hydrogen (secondary N) is 1. The lowest BCUT2D eigenvalue weighted by Gasteiger charge is -2.13. The molecule has 0 bridgehead atoms. The lowest BCUT2D eigenvalue weighted by Crippen LogP contribution is -2.05. The van der Waals surface area contributed by atoms with Crippen LogP contribution in [0.5, 0.6) is 0 Å².